The molecule has 0 saturated heterocycles. The molecule has 0 bridgehead atoms. The molecule has 0 aliphatic heterocycles. The standard InChI is InChI=1S/C27H36ClNOS/c1-7-8-19-11-14-23-22(15-19)25(31-26(2,3)4)24(16-27(5,6)18-30)29(23)17-20-9-12-21(28)13-10-20/h9-15,30H,7-8,16-18H2,1-6H3. The van der Waals surface area contributed by atoms with Crippen molar-refractivity contribution >= 4 is 34.3 Å². The highest BCUT2D eigenvalue weighted by Crippen LogP contribution is 2.43. The summed E-state index contributed by atoms with van der Waals surface area (Å²) in [6.07, 6.45) is 3.06. The van der Waals surface area contributed by atoms with E-state index in [-0.39, 0.29) is 16.8 Å². The first-order valence-corrected chi connectivity index (χ1v) is 12.4. The summed E-state index contributed by atoms with van der Waals surface area (Å²) in [5.41, 5.74) is 5.02. The first kappa shape index (κ1) is 24.2. The molecule has 1 N–H and O–H groups in total. The van der Waals surface area contributed by atoms with Crippen LogP contribution < -0.4 is 0 Å². The topological polar surface area (TPSA) is 25.2 Å². The summed E-state index contributed by atoms with van der Waals surface area (Å²) in [5, 5.41) is 12.1. The molecular weight excluding hydrogens is 422 g/mol. The SMILES string of the molecule is CCCc1ccc2c(c1)c(SC(C)(C)C)c(CC(C)(C)CO)n2Cc1ccc(Cl)cc1. The van der Waals surface area contributed by atoms with Gasteiger partial charge in [0.2, 0.25) is 0 Å². The molecule has 4 heteroatoms. The normalized spacial score (nSPS) is 12.6. The van der Waals surface area contributed by atoms with Crippen LogP contribution in [0.3, 0.4) is 0 Å². The van der Waals surface area contributed by atoms with Crippen molar-refractivity contribution < 1.29 is 5.11 Å². The summed E-state index contributed by atoms with van der Waals surface area (Å²) in [6.45, 7) is 14.3. The van der Waals surface area contributed by atoms with E-state index in [0.29, 0.717) is 0 Å². The Labute approximate surface area is 197 Å². The van der Waals surface area contributed by atoms with Crippen LogP contribution in [-0.2, 0) is 19.4 Å². The molecule has 0 saturated carbocycles. The van der Waals surface area contributed by atoms with Gasteiger partial charge in [-0.3, -0.25) is 0 Å². The summed E-state index contributed by atoms with van der Waals surface area (Å²) in [5.74, 6) is 0. The largest absolute Gasteiger partial charge is 0.396 e. The van der Waals surface area contributed by atoms with Crippen LogP contribution >= 0.6 is 23.4 Å². The van der Waals surface area contributed by atoms with E-state index in [0.717, 1.165) is 30.8 Å². The van der Waals surface area contributed by atoms with Crippen molar-refractivity contribution in [1.29, 1.82) is 0 Å². The van der Waals surface area contributed by atoms with E-state index >= 15 is 0 Å². The molecule has 0 aliphatic carbocycles. The molecule has 0 fully saturated rings. The highest BCUT2D eigenvalue weighted by atomic mass is 35.5. The van der Waals surface area contributed by atoms with Gasteiger partial charge in [-0.15, -0.1) is 11.8 Å². The van der Waals surface area contributed by atoms with Gasteiger partial charge >= 0.3 is 0 Å². The van der Waals surface area contributed by atoms with Gasteiger partial charge < -0.3 is 9.67 Å². The van der Waals surface area contributed by atoms with E-state index in [1.807, 2.05) is 23.9 Å². The number of halogens is 1. The number of thioether (sulfide) groups is 1. The molecule has 0 aliphatic rings. The van der Waals surface area contributed by atoms with Crippen molar-refractivity contribution in [2.45, 2.75) is 77.0 Å². The van der Waals surface area contributed by atoms with Gasteiger partial charge in [0.15, 0.2) is 0 Å². The van der Waals surface area contributed by atoms with Gasteiger partial charge in [-0.2, -0.15) is 0 Å². The van der Waals surface area contributed by atoms with E-state index < -0.39 is 0 Å². The zero-order valence-electron chi connectivity index (χ0n) is 19.8. The molecule has 3 rings (SSSR count). The second-order valence-electron chi connectivity index (χ2n) is 10.3. The van der Waals surface area contributed by atoms with Gasteiger partial charge in [-0.1, -0.05) is 77.8 Å². The van der Waals surface area contributed by atoms with E-state index in [2.05, 4.69) is 76.4 Å². The summed E-state index contributed by atoms with van der Waals surface area (Å²) < 4.78 is 2.55. The van der Waals surface area contributed by atoms with Crippen LogP contribution in [0, 0.1) is 5.41 Å². The van der Waals surface area contributed by atoms with Gasteiger partial charge in [0.25, 0.3) is 0 Å². The van der Waals surface area contributed by atoms with E-state index in [4.69, 9.17) is 11.6 Å². The molecule has 0 radical (unpaired) electrons. The Hall–Kier alpha value is -1.42. The van der Waals surface area contributed by atoms with Crippen LogP contribution in [0.4, 0.5) is 0 Å². The number of aliphatic hydroxyl groups is 1. The first-order valence-electron chi connectivity index (χ1n) is 11.2. The number of benzene rings is 2. The number of aliphatic hydroxyl groups excluding tert-OH is 1. The molecule has 1 heterocycles. The van der Waals surface area contributed by atoms with Crippen molar-refractivity contribution in [3.05, 3.63) is 64.3 Å². The van der Waals surface area contributed by atoms with Crippen molar-refractivity contribution in [3.8, 4) is 0 Å². The molecule has 2 nitrogen and oxygen atoms in total. The highest BCUT2D eigenvalue weighted by Gasteiger charge is 2.27. The maximum absolute atomic E-state index is 10.0. The number of aryl methyl sites for hydroxylation is 1. The number of rotatable bonds is 8. The molecule has 31 heavy (non-hydrogen) atoms. The molecule has 3 aromatic rings. The first-order chi connectivity index (χ1) is 14.5. The number of nitrogens with zero attached hydrogens (tertiary/aromatic N) is 1. The molecule has 0 amide bonds. The van der Waals surface area contributed by atoms with Crippen molar-refractivity contribution in [1.82, 2.24) is 4.57 Å². The van der Waals surface area contributed by atoms with E-state index in [1.165, 1.54) is 32.6 Å². The number of hydrogen-bond acceptors (Lipinski definition) is 2. The summed E-state index contributed by atoms with van der Waals surface area (Å²) in [7, 11) is 0. The Bertz CT molecular complexity index is 1030. The molecule has 1 aromatic heterocycles. The second kappa shape index (κ2) is 9.60. The Morgan fingerprint density at radius 1 is 0.968 bits per heavy atom. The fourth-order valence-electron chi connectivity index (χ4n) is 3.93. The zero-order chi connectivity index (χ0) is 22.8. The van der Waals surface area contributed by atoms with Gasteiger partial charge in [-0.25, -0.2) is 0 Å². The van der Waals surface area contributed by atoms with E-state index in [9.17, 15) is 5.11 Å². The minimum atomic E-state index is -0.189. The lowest BCUT2D eigenvalue weighted by molar-refractivity contribution is 0.157. The molecule has 0 spiro atoms. The lowest BCUT2D eigenvalue weighted by atomic mass is 9.89. The molecule has 0 atom stereocenters. The zero-order valence-corrected chi connectivity index (χ0v) is 21.3. The van der Waals surface area contributed by atoms with Gasteiger partial charge in [-0.05, 0) is 53.6 Å². The Morgan fingerprint density at radius 2 is 1.61 bits per heavy atom. The number of fused-ring (bicyclic) bond motifs is 1. The van der Waals surface area contributed by atoms with Crippen molar-refractivity contribution in [3.63, 3.8) is 0 Å². The van der Waals surface area contributed by atoms with Crippen LogP contribution in [-0.4, -0.2) is 21.0 Å². The minimum absolute atomic E-state index is 0.0955. The Balaban J connectivity index is 2.25. The molecule has 0 unspecified atom stereocenters. The summed E-state index contributed by atoms with van der Waals surface area (Å²) >= 11 is 8.08. The maximum Gasteiger partial charge on any atom is 0.0497 e. The molecular formula is C27H36ClNOS. The Kier molecular flexibility index (Phi) is 7.50. The van der Waals surface area contributed by atoms with Gasteiger partial charge in [0, 0.05) is 44.4 Å². The predicted molar refractivity (Wildman–Crippen MR) is 137 cm³/mol. The lowest BCUT2D eigenvalue weighted by Crippen LogP contribution is -2.22. The van der Waals surface area contributed by atoms with Crippen molar-refractivity contribution in [2.75, 3.05) is 6.61 Å². The van der Waals surface area contributed by atoms with Crippen LogP contribution in [0.2, 0.25) is 5.02 Å². The summed E-state index contributed by atoms with van der Waals surface area (Å²) in [4.78, 5) is 1.36. The van der Waals surface area contributed by atoms with Crippen LogP contribution in [0.25, 0.3) is 10.9 Å². The van der Waals surface area contributed by atoms with Gasteiger partial charge in [0.1, 0.15) is 0 Å². The Morgan fingerprint density at radius 3 is 2.19 bits per heavy atom. The number of aromatic nitrogens is 1. The van der Waals surface area contributed by atoms with Crippen LogP contribution in [0.15, 0.2) is 47.4 Å². The predicted octanol–water partition coefficient (Wildman–Crippen LogP) is 7.75. The minimum Gasteiger partial charge on any atom is -0.396 e. The molecule has 168 valence electrons. The fourth-order valence-corrected chi connectivity index (χ4v) is 5.24. The van der Waals surface area contributed by atoms with E-state index in [1.54, 1.807) is 0 Å². The maximum atomic E-state index is 10.0. The second-order valence-corrected chi connectivity index (χ2v) is 12.6. The monoisotopic (exact) mass is 457 g/mol. The van der Waals surface area contributed by atoms with Gasteiger partial charge in [0.05, 0.1) is 0 Å². The average Bonchev–Trinajstić information content (AvgIpc) is 2.94. The van der Waals surface area contributed by atoms with Crippen LogP contribution in [0.1, 0.15) is 64.8 Å². The third kappa shape index (κ3) is 6.09. The summed E-state index contributed by atoms with van der Waals surface area (Å²) in [6, 6.07) is 15.1. The van der Waals surface area contributed by atoms with Crippen molar-refractivity contribution in [2.24, 2.45) is 5.41 Å². The lowest BCUT2D eigenvalue weighted by Gasteiger charge is -2.25. The fraction of sp³-hybridized carbons (Fsp3) is 0.481. The third-order valence-electron chi connectivity index (χ3n) is 5.46. The van der Waals surface area contributed by atoms with Crippen LogP contribution in [0.5, 0.6) is 0 Å². The third-order valence-corrected chi connectivity index (χ3v) is 6.98. The molecule has 2 aromatic carbocycles. The quantitative estimate of drug-likeness (QED) is 0.350. The smallest absolute Gasteiger partial charge is 0.0497 e. The highest BCUT2D eigenvalue weighted by molar-refractivity contribution is 8.00. The number of hydrogen-bond donors (Lipinski definition) is 1. The average molecular weight is 458 g/mol.